The minimum atomic E-state index is -0.481. The Balaban J connectivity index is 1.51. The molecule has 2 aromatic carbocycles. The summed E-state index contributed by atoms with van der Waals surface area (Å²) in [7, 11) is 0. The highest BCUT2D eigenvalue weighted by molar-refractivity contribution is 7.22. The molecule has 0 bridgehead atoms. The van der Waals surface area contributed by atoms with E-state index >= 15 is 0 Å². The Bertz CT molecular complexity index is 1080. The van der Waals surface area contributed by atoms with Crippen molar-refractivity contribution in [1.82, 2.24) is 9.88 Å². The zero-order valence-corrected chi connectivity index (χ0v) is 19.3. The molecule has 0 atom stereocenters. The monoisotopic (exact) mass is 457 g/mol. The third kappa shape index (κ3) is 5.43. The summed E-state index contributed by atoms with van der Waals surface area (Å²) in [5.41, 5.74) is 3.18. The van der Waals surface area contributed by atoms with Crippen LogP contribution in [0.1, 0.15) is 17.5 Å². The van der Waals surface area contributed by atoms with E-state index in [-0.39, 0.29) is 18.3 Å². The lowest BCUT2D eigenvalue weighted by Gasteiger charge is -2.27. The number of hydrogen-bond acceptors (Lipinski definition) is 6. The standard InChI is InChI=1S/C24H28FN3O3S/c1-17-14-18(2)23-20(15-17)26-24(32-23)28(9-5-8-27-10-12-30-13-11-27)22(29)16-31-21-7-4-3-6-19(21)25/h3-4,6-7,14-15H,5,8-13,16H2,1-2H3. The average molecular weight is 458 g/mol. The van der Waals surface area contributed by atoms with Crippen molar-refractivity contribution in [3.63, 3.8) is 0 Å². The molecule has 1 aromatic heterocycles. The highest BCUT2D eigenvalue weighted by Gasteiger charge is 2.22. The second-order valence-electron chi connectivity index (χ2n) is 8.00. The van der Waals surface area contributed by atoms with Crippen molar-refractivity contribution >= 4 is 32.6 Å². The number of carbonyl (C=O) groups excluding carboxylic acids is 1. The molecule has 8 heteroatoms. The SMILES string of the molecule is Cc1cc(C)c2sc(N(CCCN3CCOCC3)C(=O)COc3ccccc3F)nc2c1. The molecule has 0 unspecified atom stereocenters. The molecule has 1 aliphatic rings. The van der Waals surface area contributed by atoms with Crippen LogP contribution < -0.4 is 9.64 Å². The summed E-state index contributed by atoms with van der Waals surface area (Å²) >= 11 is 1.51. The van der Waals surface area contributed by atoms with Crippen molar-refractivity contribution in [3.05, 3.63) is 53.3 Å². The number of fused-ring (bicyclic) bond motifs is 1. The smallest absolute Gasteiger partial charge is 0.266 e. The van der Waals surface area contributed by atoms with E-state index in [9.17, 15) is 9.18 Å². The van der Waals surface area contributed by atoms with Crippen molar-refractivity contribution in [2.75, 3.05) is 50.9 Å². The Hall–Kier alpha value is -2.55. The van der Waals surface area contributed by atoms with Crippen LogP contribution in [-0.4, -0.2) is 61.8 Å². The zero-order chi connectivity index (χ0) is 22.5. The number of aromatic nitrogens is 1. The molecule has 1 fully saturated rings. The van der Waals surface area contributed by atoms with Gasteiger partial charge in [0.05, 0.1) is 23.4 Å². The van der Waals surface area contributed by atoms with Crippen LogP contribution in [0.5, 0.6) is 5.75 Å². The van der Waals surface area contributed by atoms with E-state index in [1.54, 1.807) is 17.0 Å². The van der Waals surface area contributed by atoms with E-state index in [1.165, 1.54) is 23.5 Å². The lowest BCUT2D eigenvalue weighted by Crippen LogP contribution is -2.40. The van der Waals surface area contributed by atoms with Gasteiger partial charge in [0.1, 0.15) is 0 Å². The minimum Gasteiger partial charge on any atom is -0.481 e. The molecule has 170 valence electrons. The van der Waals surface area contributed by atoms with E-state index in [2.05, 4.69) is 17.9 Å². The number of rotatable bonds is 8. The maximum Gasteiger partial charge on any atom is 0.266 e. The number of halogens is 1. The van der Waals surface area contributed by atoms with E-state index in [4.69, 9.17) is 14.5 Å². The molecule has 0 saturated carbocycles. The van der Waals surface area contributed by atoms with Crippen LogP contribution in [0.15, 0.2) is 36.4 Å². The third-order valence-electron chi connectivity index (χ3n) is 5.49. The Kier molecular flexibility index (Phi) is 7.34. The number of carbonyl (C=O) groups is 1. The van der Waals surface area contributed by atoms with Gasteiger partial charge in [-0.25, -0.2) is 9.37 Å². The fourth-order valence-electron chi connectivity index (χ4n) is 3.86. The van der Waals surface area contributed by atoms with E-state index < -0.39 is 5.82 Å². The van der Waals surface area contributed by atoms with Crippen molar-refractivity contribution in [3.8, 4) is 5.75 Å². The van der Waals surface area contributed by atoms with Gasteiger partial charge in [0.15, 0.2) is 23.3 Å². The molecule has 0 N–H and O–H groups in total. The molecule has 0 radical (unpaired) electrons. The van der Waals surface area contributed by atoms with Gasteiger partial charge in [-0.2, -0.15) is 0 Å². The number of benzene rings is 2. The van der Waals surface area contributed by atoms with Crippen LogP contribution in [0, 0.1) is 19.7 Å². The number of para-hydroxylation sites is 1. The lowest BCUT2D eigenvalue weighted by molar-refractivity contribution is -0.120. The molecule has 1 aliphatic heterocycles. The summed E-state index contributed by atoms with van der Waals surface area (Å²) < 4.78 is 25.9. The van der Waals surface area contributed by atoms with Gasteiger partial charge in [-0.3, -0.25) is 14.6 Å². The molecule has 6 nitrogen and oxygen atoms in total. The number of amides is 1. The first-order chi connectivity index (χ1) is 15.5. The first kappa shape index (κ1) is 22.6. The number of ether oxygens (including phenoxy) is 2. The average Bonchev–Trinajstić information content (AvgIpc) is 3.20. The topological polar surface area (TPSA) is 54.9 Å². The second-order valence-corrected chi connectivity index (χ2v) is 8.98. The molecule has 1 amide bonds. The number of thiazole rings is 1. The summed E-state index contributed by atoms with van der Waals surface area (Å²) in [6.45, 7) is 8.56. The third-order valence-corrected chi connectivity index (χ3v) is 6.72. The molecule has 1 saturated heterocycles. The molecule has 3 aromatic rings. The minimum absolute atomic E-state index is 0.0740. The summed E-state index contributed by atoms with van der Waals surface area (Å²) in [6, 6.07) is 10.3. The van der Waals surface area contributed by atoms with Crippen molar-refractivity contribution in [1.29, 1.82) is 0 Å². The Morgan fingerprint density at radius 1 is 1.25 bits per heavy atom. The highest BCUT2D eigenvalue weighted by Crippen LogP contribution is 2.32. The van der Waals surface area contributed by atoms with Crippen LogP contribution >= 0.6 is 11.3 Å². The Labute approximate surface area is 191 Å². The normalized spacial score (nSPS) is 14.6. The van der Waals surface area contributed by atoms with Crippen LogP contribution in [0.3, 0.4) is 0 Å². The van der Waals surface area contributed by atoms with Crippen LogP contribution in [-0.2, 0) is 9.53 Å². The molecule has 32 heavy (non-hydrogen) atoms. The van der Waals surface area contributed by atoms with Crippen LogP contribution in [0.25, 0.3) is 10.2 Å². The van der Waals surface area contributed by atoms with Crippen molar-refractivity contribution in [2.45, 2.75) is 20.3 Å². The van der Waals surface area contributed by atoms with E-state index in [0.717, 1.165) is 60.6 Å². The van der Waals surface area contributed by atoms with Crippen LogP contribution in [0.4, 0.5) is 9.52 Å². The quantitative estimate of drug-likeness (QED) is 0.508. The fraction of sp³-hybridized carbons (Fsp3) is 0.417. The van der Waals surface area contributed by atoms with Gasteiger partial charge in [-0.05, 0) is 49.6 Å². The van der Waals surface area contributed by atoms with Gasteiger partial charge in [-0.1, -0.05) is 29.5 Å². The number of nitrogens with zero attached hydrogens (tertiary/aromatic N) is 3. The molecule has 0 spiro atoms. The van der Waals surface area contributed by atoms with Gasteiger partial charge in [-0.15, -0.1) is 0 Å². The summed E-state index contributed by atoms with van der Waals surface area (Å²) in [4.78, 5) is 21.9. The van der Waals surface area contributed by atoms with Gasteiger partial charge in [0.25, 0.3) is 5.91 Å². The predicted molar refractivity (Wildman–Crippen MR) is 125 cm³/mol. The largest absolute Gasteiger partial charge is 0.481 e. The first-order valence-corrected chi connectivity index (χ1v) is 11.7. The van der Waals surface area contributed by atoms with Gasteiger partial charge in [0, 0.05) is 26.2 Å². The molecule has 2 heterocycles. The maximum atomic E-state index is 13.9. The van der Waals surface area contributed by atoms with Crippen molar-refractivity contribution < 1.29 is 18.7 Å². The Morgan fingerprint density at radius 3 is 2.81 bits per heavy atom. The maximum absolute atomic E-state index is 13.9. The van der Waals surface area contributed by atoms with Gasteiger partial charge >= 0.3 is 0 Å². The molecular formula is C24H28FN3O3S. The summed E-state index contributed by atoms with van der Waals surface area (Å²) in [5, 5.41) is 0.651. The van der Waals surface area contributed by atoms with Crippen LogP contribution in [0.2, 0.25) is 0 Å². The number of hydrogen-bond donors (Lipinski definition) is 0. The zero-order valence-electron chi connectivity index (χ0n) is 18.5. The van der Waals surface area contributed by atoms with E-state index in [1.807, 2.05) is 13.0 Å². The number of aryl methyl sites for hydroxylation is 2. The Morgan fingerprint density at radius 2 is 2.03 bits per heavy atom. The van der Waals surface area contributed by atoms with E-state index in [0.29, 0.717) is 11.7 Å². The van der Waals surface area contributed by atoms with Gasteiger partial charge < -0.3 is 9.47 Å². The molecule has 0 aliphatic carbocycles. The fourth-order valence-corrected chi connectivity index (χ4v) is 4.92. The van der Waals surface area contributed by atoms with Gasteiger partial charge in [0.2, 0.25) is 0 Å². The lowest BCUT2D eigenvalue weighted by atomic mass is 10.1. The number of morpholine rings is 1. The number of anilines is 1. The highest BCUT2D eigenvalue weighted by atomic mass is 32.1. The molecule has 4 rings (SSSR count). The molecular weight excluding hydrogens is 429 g/mol. The summed E-state index contributed by atoms with van der Waals surface area (Å²) in [6.07, 6.45) is 0.805. The second kappa shape index (κ2) is 10.4. The first-order valence-electron chi connectivity index (χ1n) is 10.9. The van der Waals surface area contributed by atoms with Crippen molar-refractivity contribution in [2.24, 2.45) is 0 Å². The predicted octanol–water partition coefficient (Wildman–Crippen LogP) is 4.19. The summed E-state index contributed by atoms with van der Waals surface area (Å²) in [5.74, 6) is -0.640.